The molecule has 0 saturated carbocycles. The summed E-state index contributed by atoms with van der Waals surface area (Å²) in [7, 11) is 0. The molecule has 0 spiro atoms. The van der Waals surface area contributed by atoms with Crippen molar-refractivity contribution in [2.24, 2.45) is 11.5 Å². The minimum atomic E-state index is -0.817. The molecule has 0 aromatic rings. The molecule has 0 unspecified atom stereocenters. The Morgan fingerprint density at radius 2 is 1.61 bits per heavy atom. The maximum Gasteiger partial charge on any atom is 0.317 e. The second kappa shape index (κ2) is 12.7. The summed E-state index contributed by atoms with van der Waals surface area (Å²) in [5.41, 5.74) is 11.0. The van der Waals surface area contributed by atoms with E-state index in [1.54, 1.807) is 0 Å². The van der Waals surface area contributed by atoms with Crippen molar-refractivity contribution in [3.05, 3.63) is 0 Å². The van der Waals surface area contributed by atoms with E-state index in [9.17, 15) is 4.79 Å². The summed E-state index contributed by atoms with van der Waals surface area (Å²) in [4.78, 5) is 12.5. The molecule has 18 heavy (non-hydrogen) atoms. The van der Waals surface area contributed by atoms with Crippen LogP contribution < -0.4 is 22.1 Å². The predicted molar refractivity (Wildman–Crippen MR) is 72.5 cm³/mol. The minimum Gasteiger partial charge on any atom is -0.480 e. The molecule has 0 rings (SSSR count). The van der Waals surface area contributed by atoms with Crippen LogP contribution in [0, 0.1) is 0 Å². The van der Waals surface area contributed by atoms with Crippen LogP contribution in [0.25, 0.3) is 0 Å². The van der Waals surface area contributed by atoms with Crippen LogP contribution in [0.4, 0.5) is 0 Å². The van der Waals surface area contributed by atoms with Crippen LogP contribution in [0.3, 0.4) is 0 Å². The van der Waals surface area contributed by atoms with Gasteiger partial charge in [-0.2, -0.15) is 0 Å². The van der Waals surface area contributed by atoms with Gasteiger partial charge >= 0.3 is 5.97 Å². The number of nitrogens with zero attached hydrogens (tertiary/aromatic N) is 1. The third kappa shape index (κ3) is 11.7. The van der Waals surface area contributed by atoms with E-state index in [-0.39, 0.29) is 6.54 Å². The molecule has 7 N–H and O–H groups in total. The first-order valence-corrected chi connectivity index (χ1v) is 6.46. The Morgan fingerprint density at radius 1 is 1.00 bits per heavy atom. The zero-order valence-corrected chi connectivity index (χ0v) is 11.0. The van der Waals surface area contributed by atoms with E-state index in [2.05, 4.69) is 15.5 Å². The molecule has 0 aliphatic heterocycles. The van der Waals surface area contributed by atoms with Crippen LogP contribution in [0.1, 0.15) is 6.42 Å². The molecule has 0 atom stereocenters. The highest BCUT2D eigenvalue weighted by Gasteiger charge is 2.01. The average Bonchev–Trinajstić information content (AvgIpc) is 2.32. The van der Waals surface area contributed by atoms with Crippen molar-refractivity contribution in [2.75, 3.05) is 58.9 Å². The Hall–Kier alpha value is -0.730. The summed E-state index contributed by atoms with van der Waals surface area (Å²) in [5, 5.41) is 14.6. The van der Waals surface area contributed by atoms with Crippen molar-refractivity contribution in [2.45, 2.75) is 6.42 Å². The number of carboxylic acid groups (broad SMARTS) is 1. The maximum atomic E-state index is 10.2. The smallest absolute Gasteiger partial charge is 0.317 e. The number of hydrogen-bond donors (Lipinski definition) is 5. The van der Waals surface area contributed by atoms with Gasteiger partial charge in [0.1, 0.15) is 0 Å². The lowest BCUT2D eigenvalue weighted by Crippen LogP contribution is -2.39. The molecule has 0 saturated heterocycles. The fourth-order valence-electron chi connectivity index (χ4n) is 1.60. The molecule has 0 radical (unpaired) electrons. The first kappa shape index (κ1) is 17.3. The van der Waals surface area contributed by atoms with Crippen LogP contribution in [0.2, 0.25) is 0 Å². The Morgan fingerprint density at radius 3 is 2.17 bits per heavy atom. The normalized spacial score (nSPS) is 11.1. The van der Waals surface area contributed by atoms with Crippen molar-refractivity contribution < 1.29 is 9.90 Å². The first-order chi connectivity index (χ1) is 8.70. The van der Waals surface area contributed by atoms with E-state index in [0.717, 1.165) is 39.1 Å². The Balaban J connectivity index is 3.29. The molecule has 108 valence electrons. The van der Waals surface area contributed by atoms with Gasteiger partial charge in [0, 0.05) is 39.3 Å². The van der Waals surface area contributed by atoms with Gasteiger partial charge in [-0.05, 0) is 19.5 Å². The summed E-state index contributed by atoms with van der Waals surface area (Å²) in [5.74, 6) is -0.817. The highest BCUT2D eigenvalue weighted by molar-refractivity contribution is 5.68. The van der Waals surface area contributed by atoms with Gasteiger partial charge in [0.15, 0.2) is 0 Å². The maximum absolute atomic E-state index is 10.2. The molecule has 0 fully saturated rings. The van der Waals surface area contributed by atoms with Crippen LogP contribution in [-0.2, 0) is 4.79 Å². The minimum absolute atomic E-state index is 0.0285. The van der Waals surface area contributed by atoms with Gasteiger partial charge in [0.2, 0.25) is 0 Å². The van der Waals surface area contributed by atoms with Crippen LogP contribution in [0.5, 0.6) is 0 Å². The Kier molecular flexibility index (Phi) is 12.2. The third-order valence-corrected chi connectivity index (χ3v) is 2.48. The second-order valence-electron chi connectivity index (χ2n) is 4.09. The molecule has 7 heteroatoms. The number of rotatable bonds is 13. The van der Waals surface area contributed by atoms with Gasteiger partial charge in [-0.15, -0.1) is 0 Å². The summed E-state index contributed by atoms with van der Waals surface area (Å²) in [6.45, 7) is 6.52. The fourth-order valence-corrected chi connectivity index (χ4v) is 1.60. The highest BCUT2D eigenvalue weighted by Crippen LogP contribution is 1.84. The number of nitrogens with one attached hydrogen (secondary N) is 2. The quantitative estimate of drug-likeness (QED) is 0.240. The van der Waals surface area contributed by atoms with Gasteiger partial charge < -0.3 is 27.2 Å². The molecule has 0 aliphatic rings. The largest absolute Gasteiger partial charge is 0.480 e. The molecule has 7 nitrogen and oxygen atoms in total. The zero-order chi connectivity index (χ0) is 13.6. The summed E-state index contributed by atoms with van der Waals surface area (Å²) in [6, 6.07) is 0. The third-order valence-electron chi connectivity index (χ3n) is 2.48. The van der Waals surface area contributed by atoms with E-state index in [4.69, 9.17) is 16.6 Å². The van der Waals surface area contributed by atoms with Crippen molar-refractivity contribution in [1.82, 2.24) is 15.5 Å². The van der Waals surface area contributed by atoms with E-state index < -0.39 is 5.97 Å². The number of carbonyl (C=O) groups is 1. The van der Waals surface area contributed by atoms with E-state index in [1.807, 2.05) is 0 Å². The number of nitrogens with two attached hydrogens (primary N) is 2. The van der Waals surface area contributed by atoms with Crippen LogP contribution in [0.15, 0.2) is 0 Å². The van der Waals surface area contributed by atoms with Gasteiger partial charge in [0.25, 0.3) is 0 Å². The summed E-state index contributed by atoms with van der Waals surface area (Å²) < 4.78 is 0. The van der Waals surface area contributed by atoms with E-state index in [0.29, 0.717) is 19.6 Å². The number of aliphatic carboxylic acids is 1. The van der Waals surface area contributed by atoms with Crippen LogP contribution >= 0.6 is 0 Å². The molecule has 0 bridgehead atoms. The van der Waals surface area contributed by atoms with Crippen molar-refractivity contribution in [3.63, 3.8) is 0 Å². The molecule has 0 aromatic heterocycles. The van der Waals surface area contributed by atoms with Crippen molar-refractivity contribution in [3.8, 4) is 0 Å². The lowest BCUT2D eigenvalue weighted by molar-refractivity contribution is -0.135. The Bertz CT molecular complexity index is 198. The predicted octanol–water partition coefficient (Wildman–Crippen LogP) is -2.14. The Labute approximate surface area is 109 Å². The summed E-state index contributed by atoms with van der Waals surface area (Å²) >= 11 is 0. The second-order valence-corrected chi connectivity index (χ2v) is 4.09. The standard InChI is InChI=1S/C11H27N5O2/c12-2-7-16(8-3-13)9-6-14-4-1-5-15-10-11(17)18/h14-15H,1-10,12-13H2,(H,17,18). The van der Waals surface area contributed by atoms with Crippen molar-refractivity contribution in [1.29, 1.82) is 0 Å². The van der Waals surface area contributed by atoms with E-state index >= 15 is 0 Å². The first-order valence-electron chi connectivity index (χ1n) is 6.46. The lowest BCUT2D eigenvalue weighted by Gasteiger charge is -2.20. The van der Waals surface area contributed by atoms with Gasteiger partial charge in [0.05, 0.1) is 6.54 Å². The van der Waals surface area contributed by atoms with Gasteiger partial charge in [-0.1, -0.05) is 0 Å². The monoisotopic (exact) mass is 261 g/mol. The molecule has 0 amide bonds. The van der Waals surface area contributed by atoms with Gasteiger partial charge in [-0.3, -0.25) is 9.69 Å². The average molecular weight is 261 g/mol. The number of hydrogen-bond acceptors (Lipinski definition) is 6. The fraction of sp³-hybridized carbons (Fsp3) is 0.909. The zero-order valence-electron chi connectivity index (χ0n) is 11.0. The summed E-state index contributed by atoms with van der Waals surface area (Å²) in [6.07, 6.45) is 0.918. The molecule has 0 heterocycles. The molecular formula is C11H27N5O2. The van der Waals surface area contributed by atoms with Crippen LogP contribution in [-0.4, -0.2) is 74.9 Å². The molecule has 0 aliphatic carbocycles. The number of carboxylic acids is 1. The topological polar surface area (TPSA) is 117 Å². The molecule has 0 aromatic carbocycles. The van der Waals surface area contributed by atoms with Gasteiger partial charge in [-0.25, -0.2) is 0 Å². The van der Waals surface area contributed by atoms with E-state index in [1.165, 1.54) is 0 Å². The highest BCUT2D eigenvalue weighted by atomic mass is 16.4. The SMILES string of the molecule is NCCN(CCN)CCNCCCNCC(=O)O. The molecular weight excluding hydrogens is 234 g/mol. The van der Waals surface area contributed by atoms with Crippen molar-refractivity contribution >= 4 is 5.97 Å². The lowest BCUT2D eigenvalue weighted by atomic mass is 10.4.